The highest BCUT2D eigenvalue weighted by molar-refractivity contribution is 7.11. The fourth-order valence-corrected chi connectivity index (χ4v) is 3.99. The molecular formula is C18H22ClN3OS. The number of carbonyl (C=O) groups is 1. The van der Waals surface area contributed by atoms with Crippen LogP contribution in [0.1, 0.15) is 16.7 Å². The lowest BCUT2D eigenvalue weighted by molar-refractivity contribution is 0.194. The van der Waals surface area contributed by atoms with Crippen molar-refractivity contribution in [3.8, 4) is 0 Å². The van der Waals surface area contributed by atoms with Crippen LogP contribution in [-0.4, -0.2) is 37.1 Å². The van der Waals surface area contributed by atoms with Gasteiger partial charge in [0, 0.05) is 35.9 Å². The van der Waals surface area contributed by atoms with Crippen LogP contribution in [0.15, 0.2) is 36.4 Å². The van der Waals surface area contributed by atoms with E-state index in [-0.39, 0.29) is 6.03 Å². The van der Waals surface area contributed by atoms with Crippen molar-refractivity contribution < 1.29 is 4.79 Å². The molecule has 1 aliphatic heterocycles. The predicted octanol–water partition coefficient (Wildman–Crippen LogP) is 4.00. The van der Waals surface area contributed by atoms with Crippen LogP contribution in [0.4, 0.5) is 10.5 Å². The van der Waals surface area contributed by atoms with Crippen molar-refractivity contribution in [1.29, 1.82) is 0 Å². The smallest absolute Gasteiger partial charge is 0.317 e. The molecule has 0 spiro atoms. The second-order valence-corrected chi connectivity index (χ2v) is 7.47. The number of piperazine rings is 1. The molecule has 4 nitrogen and oxygen atoms in total. The third kappa shape index (κ3) is 4.02. The van der Waals surface area contributed by atoms with E-state index in [1.54, 1.807) is 11.3 Å². The van der Waals surface area contributed by atoms with E-state index in [2.05, 4.69) is 29.3 Å². The minimum absolute atomic E-state index is 0.0141. The van der Waals surface area contributed by atoms with Crippen molar-refractivity contribution in [2.45, 2.75) is 19.9 Å². The number of aryl methyl sites for hydroxylation is 1. The van der Waals surface area contributed by atoms with Crippen molar-refractivity contribution in [1.82, 2.24) is 10.2 Å². The van der Waals surface area contributed by atoms with Gasteiger partial charge in [-0.1, -0.05) is 30.7 Å². The molecular weight excluding hydrogens is 342 g/mol. The topological polar surface area (TPSA) is 35.6 Å². The second-order valence-electron chi connectivity index (χ2n) is 5.81. The van der Waals surface area contributed by atoms with Crippen molar-refractivity contribution in [3.63, 3.8) is 0 Å². The molecule has 0 saturated carbocycles. The largest absolute Gasteiger partial charge is 0.367 e. The summed E-state index contributed by atoms with van der Waals surface area (Å²) in [6.07, 6.45) is 1.04. The molecule has 1 aromatic heterocycles. The first kappa shape index (κ1) is 17.1. The first-order valence-electron chi connectivity index (χ1n) is 8.27. The van der Waals surface area contributed by atoms with Crippen LogP contribution < -0.4 is 10.2 Å². The summed E-state index contributed by atoms with van der Waals surface area (Å²) in [5.41, 5.74) is 1.05. The lowest BCUT2D eigenvalue weighted by Crippen LogP contribution is -2.51. The average Bonchev–Trinajstić information content (AvgIpc) is 3.08. The average molecular weight is 364 g/mol. The van der Waals surface area contributed by atoms with E-state index in [0.29, 0.717) is 19.6 Å². The van der Waals surface area contributed by atoms with Crippen LogP contribution in [-0.2, 0) is 13.0 Å². The maximum atomic E-state index is 12.3. The number of halogens is 1. The van der Waals surface area contributed by atoms with Gasteiger partial charge >= 0.3 is 6.03 Å². The summed E-state index contributed by atoms with van der Waals surface area (Å²) in [6.45, 7) is 5.77. The van der Waals surface area contributed by atoms with E-state index in [1.807, 2.05) is 29.2 Å². The highest BCUT2D eigenvalue weighted by atomic mass is 35.5. The van der Waals surface area contributed by atoms with Gasteiger partial charge in [0.05, 0.1) is 17.3 Å². The third-order valence-electron chi connectivity index (χ3n) is 4.24. The Labute approximate surface area is 152 Å². The van der Waals surface area contributed by atoms with Gasteiger partial charge in [-0.25, -0.2) is 4.79 Å². The van der Waals surface area contributed by atoms with E-state index >= 15 is 0 Å². The molecule has 2 amide bonds. The Bertz CT molecular complexity index is 695. The Morgan fingerprint density at radius 1 is 1.12 bits per heavy atom. The summed E-state index contributed by atoms with van der Waals surface area (Å²) < 4.78 is 0. The van der Waals surface area contributed by atoms with Crippen LogP contribution in [0.5, 0.6) is 0 Å². The number of carbonyl (C=O) groups excluding carboxylic acids is 1. The van der Waals surface area contributed by atoms with Crippen molar-refractivity contribution in [3.05, 3.63) is 51.2 Å². The normalized spacial score (nSPS) is 14.8. The number of hydrogen-bond acceptors (Lipinski definition) is 3. The first-order chi connectivity index (χ1) is 11.7. The molecule has 0 unspecified atom stereocenters. The molecule has 128 valence electrons. The number of nitrogens with one attached hydrogen (secondary N) is 1. The maximum absolute atomic E-state index is 12.3. The predicted molar refractivity (Wildman–Crippen MR) is 101 cm³/mol. The number of para-hydroxylation sites is 1. The van der Waals surface area contributed by atoms with Gasteiger partial charge in [-0.05, 0) is 30.7 Å². The fraction of sp³-hybridized carbons (Fsp3) is 0.389. The van der Waals surface area contributed by atoms with Gasteiger partial charge in [0.25, 0.3) is 0 Å². The van der Waals surface area contributed by atoms with E-state index in [1.165, 1.54) is 9.75 Å². The van der Waals surface area contributed by atoms with Gasteiger partial charge in [-0.2, -0.15) is 0 Å². The zero-order valence-corrected chi connectivity index (χ0v) is 15.4. The molecule has 2 heterocycles. The number of amides is 2. The number of thiophene rings is 1. The van der Waals surface area contributed by atoms with Gasteiger partial charge in [0.1, 0.15) is 0 Å². The van der Waals surface area contributed by atoms with E-state index in [9.17, 15) is 4.79 Å². The summed E-state index contributed by atoms with van der Waals surface area (Å²) >= 11 is 8.02. The zero-order chi connectivity index (χ0) is 16.9. The van der Waals surface area contributed by atoms with Crippen LogP contribution in [0.2, 0.25) is 5.02 Å². The Morgan fingerprint density at radius 3 is 2.50 bits per heavy atom. The minimum Gasteiger partial charge on any atom is -0.367 e. The van der Waals surface area contributed by atoms with Crippen molar-refractivity contribution in [2.75, 3.05) is 31.1 Å². The molecule has 6 heteroatoms. The van der Waals surface area contributed by atoms with Crippen LogP contribution in [0.25, 0.3) is 0 Å². The molecule has 3 rings (SSSR count). The summed E-state index contributed by atoms with van der Waals surface area (Å²) in [5, 5.41) is 3.79. The SMILES string of the molecule is CCc1ccc(CNC(=O)N2CCN(c3ccccc3Cl)CC2)s1. The number of hydrogen-bond donors (Lipinski definition) is 1. The summed E-state index contributed by atoms with van der Waals surface area (Å²) in [6, 6.07) is 12.1. The molecule has 2 aromatic rings. The zero-order valence-electron chi connectivity index (χ0n) is 13.8. The molecule has 1 aromatic carbocycles. The van der Waals surface area contributed by atoms with Gasteiger partial charge in [-0.3, -0.25) is 0 Å². The maximum Gasteiger partial charge on any atom is 0.317 e. The van der Waals surface area contributed by atoms with Gasteiger partial charge < -0.3 is 15.1 Å². The van der Waals surface area contributed by atoms with Crippen LogP contribution >= 0.6 is 22.9 Å². The highest BCUT2D eigenvalue weighted by Gasteiger charge is 2.22. The van der Waals surface area contributed by atoms with Crippen LogP contribution in [0.3, 0.4) is 0 Å². The van der Waals surface area contributed by atoms with E-state index < -0.39 is 0 Å². The molecule has 1 aliphatic rings. The molecule has 0 atom stereocenters. The van der Waals surface area contributed by atoms with Crippen LogP contribution in [0, 0.1) is 0 Å². The molecule has 1 saturated heterocycles. The van der Waals surface area contributed by atoms with E-state index in [0.717, 1.165) is 30.2 Å². The van der Waals surface area contributed by atoms with Gasteiger partial charge in [0.15, 0.2) is 0 Å². The number of rotatable bonds is 4. The Morgan fingerprint density at radius 2 is 1.83 bits per heavy atom. The molecule has 0 aliphatic carbocycles. The van der Waals surface area contributed by atoms with E-state index in [4.69, 9.17) is 11.6 Å². The number of anilines is 1. The summed E-state index contributed by atoms with van der Waals surface area (Å²) in [5.74, 6) is 0. The lowest BCUT2D eigenvalue weighted by atomic mass is 10.2. The number of urea groups is 1. The molecule has 24 heavy (non-hydrogen) atoms. The Hall–Kier alpha value is -1.72. The monoisotopic (exact) mass is 363 g/mol. The Balaban J connectivity index is 1.49. The fourth-order valence-electron chi connectivity index (χ4n) is 2.84. The Kier molecular flexibility index (Phi) is 5.63. The summed E-state index contributed by atoms with van der Waals surface area (Å²) in [7, 11) is 0. The van der Waals surface area contributed by atoms with Gasteiger partial charge in [0.2, 0.25) is 0 Å². The second kappa shape index (κ2) is 7.90. The first-order valence-corrected chi connectivity index (χ1v) is 9.46. The quantitative estimate of drug-likeness (QED) is 0.891. The third-order valence-corrected chi connectivity index (χ3v) is 5.79. The molecule has 0 bridgehead atoms. The van der Waals surface area contributed by atoms with Gasteiger partial charge in [-0.15, -0.1) is 11.3 Å². The number of benzene rings is 1. The molecule has 1 N–H and O–H groups in total. The number of nitrogens with zero attached hydrogens (tertiary/aromatic N) is 2. The van der Waals surface area contributed by atoms with Crippen molar-refractivity contribution >= 4 is 34.7 Å². The molecule has 1 fully saturated rings. The highest BCUT2D eigenvalue weighted by Crippen LogP contribution is 2.26. The summed E-state index contributed by atoms with van der Waals surface area (Å²) in [4.78, 5) is 19.0. The lowest BCUT2D eigenvalue weighted by Gasteiger charge is -2.36. The standard InChI is InChI=1S/C18H22ClN3OS/c1-2-14-7-8-15(24-14)13-20-18(23)22-11-9-21(10-12-22)17-6-4-3-5-16(17)19/h3-8H,2,9-13H2,1H3,(H,20,23). The molecule has 0 radical (unpaired) electrons. The minimum atomic E-state index is 0.0141. The van der Waals surface area contributed by atoms with Crippen molar-refractivity contribution in [2.24, 2.45) is 0 Å².